The van der Waals surface area contributed by atoms with Gasteiger partial charge in [0, 0.05) is 17.5 Å². The highest BCUT2D eigenvalue weighted by molar-refractivity contribution is 5.82. The van der Waals surface area contributed by atoms with Gasteiger partial charge < -0.3 is 14.0 Å². The summed E-state index contributed by atoms with van der Waals surface area (Å²) < 4.78 is 27.3. The molecule has 0 fully saturated rings. The number of aromatic nitrogens is 1. The van der Waals surface area contributed by atoms with Crippen molar-refractivity contribution in [2.24, 2.45) is 0 Å². The first kappa shape index (κ1) is 15.4. The molecule has 23 heavy (non-hydrogen) atoms. The fourth-order valence-corrected chi connectivity index (χ4v) is 2.84. The quantitative estimate of drug-likeness (QED) is 0.665. The lowest BCUT2D eigenvalue weighted by molar-refractivity contribution is 0.291. The van der Waals surface area contributed by atoms with Gasteiger partial charge in [0.25, 0.3) is 0 Å². The second-order valence-corrected chi connectivity index (χ2v) is 5.74. The van der Waals surface area contributed by atoms with Crippen LogP contribution in [0.25, 0.3) is 10.9 Å². The third-order valence-corrected chi connectivity index (χ3v) is 3.83. The fraction of sp³-hybridized carbons (Fsp3) is 0.263. The number of para-hydroxylation sites is 1. The van der Waals surface area contributed by atoms with E-state index in [0.717, 1.165) is 22.6 Å². The van der Waals surface area contributed by atoms with Gasteiger partial charge in [-0.05, 0) is 38.1 Å². The van der Waals surface area contributed by atoms with Gasteiger partial charge in [0.2, 0.25) is 0 Å². The molecule has 0 aliphatic rings. The van der Waals surface area contributed by atoms with E-state index in [-0.39, 0.29) is 11.9 Å². The number of hydrogen-bond donors (Lipinski definition) is 0. The van der Waals surface area contributed by atoms with Crippen LogP contribution in [0.3, 0.4) is 0 Å². The predicted molar refractivity (Wildman–Crippen MR) is 89.6 cm³/mol. The molecule has 1 aromatic heterocycles. The lowest BCUT2D eigenvalue weighted by Gasteiger charge is -2.16. The van der Waals surface area contributed by atoms with Crippen LogP contribution in [0.4, 0.5) is 4.39 Å². The highest BCUT2D eigenvalue weighted by atomic mass is 19.1. The average Bonchev–Trinajstić information content (AvgIpc) is 2.93. The Morgan fingerprint density at radius 2 is 1.78 bits per heavy atom. The number of hydrogen-bond acceptors (Lipinski definition) is 2. The van der Waals surface area contributed by atoms with Crippen molar-refractivity contribution in [3.05, 3.63) is 60.0 Å². The lowest BCUT2D eigenvalue weighted by atomic mass is 10.2. The highest BCUT2D eigenvalue weighted by Gasteiger charge is 2.15. The summed E-state index contributed by atoms with van der Waals surface area (Å²) in [5, 5.41) is 0.892. The van der Waals surface area contributed by atoms with Crippen LogP contribution in [-0.2, 0) is 6.61 Å². The van der Waals surface area contributed by atoms with Gasteiger partial charge in [-0.2, -0.15) is 0 Å². The van der Waals surface area contributed by atoms with Crippen LogP contribution < -0.4 is 9.47 Å². The molecule has 0 aliphatic heterocycles. The van der Waals surface area contributed by atoms with Crippen LogP contribution in [0.5, 0.6) is 11.5 Å². The van der Waals surface area contributed by atoms with E-state index in [2.05, 4.69) is 0 Å². The molecule has 0 saturated heterocycles. The summed E-state index contributed by atoms with van der Waals surface area (Å²) in [6.45, 7) is 4.46. The van der Waals surface area contributed by atoms with E-state index in [4.69, 9.17) is 9.47 Å². The van der Waals surface area contributed by atoms with E-state index in [0.29, 0.717) is 12.1 Å². The zero-order valence-corrected chi connectivity index (χ0v) is 13.5. The van der Waals surface area contributed by atoms with Gasteiger partial charge in [0.15, 0.2) is 0 Å². The van der Waals surface area contributed by atoms with Crippen LogP contribution in [0.1, 0.15) is 25.6 Å². The predicted octanol–water partition coefficient (Wildman–Crippen LogP) is 4.95. The summed E-state index contributed by atoms with van der Waals surface area (Å²) in [7, 11) is 1.62. The largest absolute Gasteiger partial charge is 0.497 e. The van der Waals surface area contributed by atoms with E-state index in [1.165, 1.54) is 6.07 Å². The molecule has 1 heterocycles. The summed E-state index contributed by atoms with van der Waals surface area (Å²) in [5.74, 6) is 1.27. The van der Waals surface area contributed by atoms with E-state index >= 15 is 0 Å². The van der Waals surface area contributed by atoms with Gasteiger partial charge in [-0.3, -0.25) is 0 Å². The molecule has 0 N–H and O–H groups in total. The first-order valence-electron chi connectivity index (χ1n) is 7.65. The molecule has 4 heteroatoms. The minimum atomic E-state index is -0.205. The zero-order valence-electron chi connectivity index (χ0n) is 13.5. The number of halogens is 1. The maximum absolute atomic E-state index is 14.2. The number of nitrogens with zero attached hydrogens (tertiary/aromatic N) is 1. The SMILES string of the molecule is COc1cccc(OCc2cc3cccc(F)c3n2C(C)C)c1. The lowest BCUT2D eigenvalue weighted by Crippen LogP contribution is -2.09. The van der Waals surface area contributed by atoms with Crippen LogP contribution in [0, 0.1) is 5.82 Å². The first-order valence-corrected chi connectivity index (χ1v) is 7.65. The molecule has 0 aliphatic carbocycles. The summed E-state index contributed by atoms with van der Waals surface area (Å²) >= 11 is 0. The number of methoxy groups -OCH3 is 1. The molecule has 0 saturated carbocycles. The Bertz CT molecular complexity index is 823. The number of rotatable bonds is 5. The molecule has 3 rings (SSSR count). The standard InChI is InChI=1S/C19H20FNO2/c1-13(2)21-15(10-14-6-4-9-18(20)19(14)21)12-23-17-8-5-7-16(11-17)22-3/h4-11,13H,12H2,1-3H3. The van der Waals surface area contributed by atoms with Crippen molar-refractivity contribution >= 4 is 10.9 Å². The number of ether oxygens (including phenoxy) is 2. The second-order valence-electron chi connectivity index (χ2n) is 5.74. The summed E-state index contributed by atoms with van der Waals surface area (Å²) in [5.41, 5.74) is 1.58. The summed E-state index contributed by atoms with van der Waals surface area (Å²) in [6.07, 6.45) is 0. The van der Waals surface area contributed by atoms with Crippen LogP contribution in [0.2, 0.25) is 0 Å². The average molecular weight is 313 g/mol. The van der Waals surface area contributed by atoms with Crippen molar-refractivity contribution in [3.63, 3.8) is 0 Å². The molecular formula is C19H20FNO2. The van der Waals surface area contributed by atoms with Crippen LogP contribution in [-0.4, -0.2) is 11.7 Å². The zero-order chi connectivity index (χ0) is 16.4. The first-order chi connectivity index (χ1) is 11.1. The van der Waals surface area contributed by atoms with E-state index in [9.17, 15) is 4.39 Å². The monoisotopic (exact) mass is 313 g/mol. The maximum Gasteiger partial charge on any atom is 0.147 e. The van der Waals surface area contributed by atoms with Crippen molar-refractivity contribution in [3.8, 4) is 11.5 Å². The van der Waals surface area contributed by atoms with Crippen molar-refractivity contribution in [1.29, 1.82) is 0 Å². The maximum atomic E-state index is 14.2. The molecule has 3 nitrogen and oxygen atoms in total. The molecule has 0 unspecified atom stereocenters. The van der Waals surface area contributed by atoms with Gasteiger partial charge >= 0.3 is 0 Å². The van der Waals surface area contributed by atoms with Gasteiger partial charge in [0.05, 0.1) is 18.3 Å². The van der Waals surface area contributed by atoms with E-state index < -0.39 is 0 Å². The molecule has 0 amide bonds. The topological polar surface area (TPSA) is 23.4 Å². The molecule has 0 radical (unpaired) electrons. The second kappa shape index (κ2) is 6.32. The Kier molecular flexibility index (Phi) is 4.24. The van der Waals surface area contributed by atoms with E-state index in [1.807, 2.05) is 54.8 Å². The van der Waals surface area contributed by atoms with Gasteiger partial charge in [-0.1, -0.05) is 18.2 Å². The molecule has 0 atom stereocenters. The molecule has 0 bridgehead atoms. The van der Waals surface area contributed by atoms with Crippen LogP contribution >= 0.6 is 0 Å². The van der Waals surface area contributed by atoms with Crippen molar-refractivity contribution in [2.45, 2.75) is 26.5 Å². The van der Waals surface area contributed by atoms with Crippen molar-refractivity contribution < 1.29 is 13.9 Å². The third kappa shape index (κ3) is 3.02. The van der Waals surface area contributed by atoms with Crippen LogP contribution in [0.15, 0.2) is 48.5 Å². The van der Waals surface area contributed by atoms with Crippen molar-refractivity contribution in [1.82, 2.24) is 4.57 Å². The van der Waals surface area contributed by atoms with Gasteiger partial charge in [0.1, 0.15) is 23.9 Å². The Hall–Kier alpha value is -2.49. The number of fused-ring (bicyclic) bond motifs is 1. The van der Waals surface area contributed by atoms with Gasteiger partial charge in [-0.25, -0.2) is 4.39 Å². The minimum Gasteiger partial charge on any atom is -0.497 e. The highest BCUT2D eigenvalue weighted by Crippen LogP contribution is 2.28. The normalized spacial score (nSPS) is 11.2. The van der Waals surface area contributed by atoms with Crippen molar-refractivity contribution in [2.75, 3.05) is 7.11 Å². The number of benzene rings is 2. The molecule has 3 aromatic rings. The Morgan fingerprint density at radius 3 is 2.52 bits per heavy atom. The van der Waals surface area contributed by atoms with Gasteiger partial charge in [-0.15, -0.1) is 0 Å². The minimum absolute atomic E-state index is 0.147. The third-order valence-electron chi connectivity index (χ3n) is 3.83. The summed E-state index contributed by atoms with van der Waals surface area (Å²) in [6, 6.07) is 14.7. The Labute approximate surface area is 135 Å². The Morgan fingerprint density at radius 1 is 1.04 bits per heavy atom. The molecular weight excluding hydrogens is 293 g/mol. The fourth-order valence-electron chi connectivity index (χ4n) is 2.84. The molecule has 0 spiro atoms. The smallest absolute Gasteiger partial charge is 0.147 e. The Balaban J connectivity index is 1.93. The summed E-state index contributed by atoms with van der Waals surface area (Å²) in [4.78, 5) is 0. The molecule has 120 valence electrons. The van der Waals surface area contributed by atoms with E-state index in [1.54, 1.807) is 13.2 Å². The molecule has 2 aromatic carbocycles.